The minimum absolute atomic E-state index is 0.0585. The predicted octanol–water partition coefficient (Wildman–Crippen LogP) is 3.17. The van der Waals surface area contributed by atoms with Crippen molar-refractivity contribution in [3.05, 3.63) is 36.0 Å². The third-order valence-electron chi connectivity index (χ3n) is 6.28. The predicted molar refractivity (Wildman–Crippen MR) is 142 cm³/mol. The number of carbonyl (C=O) groups excluding carboxylic acids is 3. The standard InChI is InChI=1S/C28H45NO9/c1-19(18-36-27(33)29(6)15-16-35-7)9-8-10-20(2)26-21(3)11-12-24(37-22(4)30)28(5,34)14-13-23(31)17-25(32)38-26/h8-12,19,21,23-24,26,31,34H,13-18H2,1-7H3/b9-8+,12-11+,20-10+/t19-,21-,23-,24-,26+,28-/m0/s1. The first-order valence-electron chi connectivity index (χ1n) is 12.9. The molecular weight excluding hydrogens is 494 g/mol. The Hall–Kier alpha value is -2.69. The van der Waals surface area contributed by atoms with Gasteiger partial charge in [0.05, 0.1) is 25.7 Å². The van der Waals surface area contributed by atoms with Crippen LogP contribution in [0.15, 0.2) is 36.0 Å². The second-order valence-electron chi connectivity index (χ2n) is 10.2. The molecule has 1 amide bonds. The molecule has 0 unspecified atom stereocenters. The number of hydrogen-bond donors (Lipinski definition) is 2. The number of amides is 1. The van der Waals surface area contributed by atoms with Gasteiger partial charge in [-0.15, -0.1) is 0 Å². The number of rotatable bonds is 9. The Morgan fingerprint density at radius 1 is 1.32 bits per heavy atom. The lowest BCUT2D eigenvalue weighted by Crippen LogP contribution is -2.42. The summed E-state index contributed by atoms with van der Waals surface area (Å²) in [5.41, 5.74) is -0.676. The van der Waals surface area contributed by atoms with E-state index in [-0.39, 0.29) is 37.7 Å². The summed E-state index contributed by atoms with van der Waals surface area (Å²) in [6.07, 6.45) is 5.89. The molecule has 6 atom stereocenters. The van der Waals surface area contributed by atoms with E-state index in [0.717, 1.165) is 5.57 Å². The number of methoxy groups -OCH3 is 1. The fourth-order valence-corrected chi connectivity index (χ4v) is 3.81. The van der Waals surface area contributed by atoms with Gasteiger partial charge in [-0.05, 0) is 38.3 Å². The summed E-state index contributed by atoms with van der Waals surface area (Å²) in [7, 11) is 3.21. The molecule has 0 bridgehead atoms. The van der Waals surface area contributed by atoms with Gasteiger partial charge in [-0.1, -0.05) is 38.2 Å². The van der Waals surface area contributed by atoms with Crippen molar-refractivity contribution >= 4 is 18.0 Å². The number of hydrogen-bond acceptors (Lipinski definition) is 9. The number of likely N-dealkylation sites (N-methyl/N-ethyl adjacent to an activating group) is 1. The fraction of sp³-hybridized carbons (Fsp3) is 0.679. The molecule has 0 aromatic carbocycles. The topological polar surface area (TPSA) is 132 Å². The second-order valence-corrected chi connectivity index (χ2v) is 10.2. The Morgan fingerprint density at radius 3 is 2.63 bits per heavy atom. The number of nitrogens with zero attached hydrogens (tertiary/aromatic N) is 1. The summed E-state index contributed by atoms with van der Waals surface area (Å²) in [6, 6.07) is 0. The first-order chi connectivity index (χ1) is 17.8. The molecule has 10 nitrogen and oxygen atoms in total. The minimum Gasteiger partial charge on any atom is -0.457 e. The van der Waals surface area contributed by atoms with Crippen LogP contribution in [0.25, 0.3) is 0 Å². The maximum absolute atomic E-state index is 12.5. The average Bonchev–Trinajstić information content (AvgIpc) is 2.84. The summed E-state index contributed by atoms with van der Waals surface area (Å²) in [5.74, 6) is -1.47. The number of aliphatic hydroxyl groups is 2. The van der Waals surface area contributed by atoms with Crippen LogP contribution in [0, 0.1) is 11.8 Å². The van der Waals surface area contributed by atoms with E-state index in [2.05, 4.69) is 0 Å². The zero-order valence-electron chi connectivity index (χ0n) is 23.7. The lowest BCUT2D eigenvalue weighted by molar-refractivity contribution is -0.157. The molecule has 2 N–H and O–H groups in total. The Kier molecular flexibility index (Phi) is 14.3. The van der Waals surface area contributed by atoms with Gasteiger partial charge in [0.1, 0.15) is 17.8 Å². The molecule has 0 spiro atoms. The summed E-state index contributed by atoms with van der Waals surface area (Å²) in [5, 5.41) is 21.2. The number of cyclic esters (lactones) is 1. The molecule has 216 valence electrons. The highest BCUT2D eigenvalue weighted by Gasteiger charge is 2.35. The van der Waals surface area contributed by atoms with Gasteiger partial charge >= 0.3 is 18.0 Å². The monoisotopic (exact) mass is 539 g/mol. The van der Waals surface area contributed by atoms with Crippen molar-refractivity contribution in [2.45, 2.75) is 77.8 Å². The number of carbonyl (C=O) groups is 3. The van der Waals surface area contributed by atoms with Crippen LogP contribution in [0.5, 0.6) is 0 Å². The molecule has 1 aliphatic heterocycles. The average molecular weight is 540 g/mol. The number of allylic oxidation sites excluding steroid dienone is 2. The van der Waals surface area contributed by atoms with E-state index in [9.17, 15) is 24.6 Å². The van der Waals surface area contributed by atoms with Crippen LogP contribution in [-0.2, 0) is 28.5 Å². The minimum atomic E-state index is -1.42. The van der Waals surface area contributed by atoms with Gasteiger partial charge in [0.2, 0.25) is 0 Å². The van der Waals surface area contributed by atoms with Crippen molar-refractivity contribution in [3.8, 4) is 0 Å². The van der Waals surface area contributed by atoms with Gasteiger partial charge in [0.25, 0.3) is 0 Å². The normalized spacial score (nSPS) is 29.0. The zero-order valence-corrected chi connectivity index (χ0v) is 23.7. The maximum atomic E-state index is 12.5. The van der Waals surface area contributed by atoms with E-state index in [1.54, 1.807) is 26.3 Å². The molecule has 0 saturated heterocycles. The fourth-order valence-electron chi connectivity index (χ4n) is 3.81. The van der Waals surface area contributed by atoms with Crippen LogP contribution < -0.4 is 0 Å². The van der Waals surface area contributed by atoms with E-state index in [0.29, 0.717) is 13.2 Å². The van der Waals surface area contributed by atoms with Gasteiger partial charge < -0.3 is 34.1 Å². The van der Waals surface area contributed by atoms with Crippen molar-refractivity contribution in [3.63, 3.8) is 0 Å². The number of ether oxygens (including phenoxy) is 4. The highest BCUT2D eigenvalue weighted by Crippen LogP contribution is 2.27. The van der Waals surface area contributed by atoms with Crippen molar-refractivity contribution < 1.29 is 43.5 Å². The van der Waals surface area contributed by atoms with Gasteiger partial charge in [0, 0.05) is 39.5 Å². The number of aliphatic hydroxyl groups excluding tert-OH is 1. The molecule has 0 radical (unpaired) electrons. The smallest absolute Gasteiger partial charge is 0.409 e. The summed E-state index contributed by atoms with van der Waals surface area (Å²) in [6.45, 7) is 9.44. The molecule has 0 saturated carbocycles. The second kappa shape index (κ2) is 16.3. The van der Waals surface area contributed by atoms with E-state index < -0.39 is 41.9 Å². The van der Waals surface area contributed by atoms with Crippen molar-refractivity contribution in [1.82, 2.24) is 4.90 Å². The van der Waals surface area contributed by atoms with Crippen molar-refractivity contribution in [1.29, 1.82) is 0 Å². The number of esters is 2. The SMILES string of the molecule is COCCN(C)C(=O)OC[C@@H](C)/C=C/C=C(\C)[C@H]1OC(=O)C[C@@H](O)CC[C@](C)(O)[C@@H](OC(C)=O)/C=C/[C@@H]1C. The molecule has 0 fully saturated rings. The van der Waals surface area contributed by atoms with Gasteiger partial charge in [-0.2, -0.15) is 0 Å². The van der Waals surface area contributed by atoms with E-state index in [1.165, 1.54) is 18.7 Å². The molecule has 10 heteroatoms. The molecule has 1 aliphatic rings. The third-order valence-corrected chi connectivity index (χ3v) is 6.28. The lowest BCUT2D eigenvalue weighted by Gasteiger charge is -2.32. The quantitative estimate of drug-likeness (QED) is 0.196. The largest absolute Gasteiger partial charge is 0.457 e. The van der Waals surface area contributed by atoms with Crippen LogP contribution in [0.3, 0.4) is 0 Å². The van der Waals surface area contributed by atoms with Gasteiger partial charge in [-0.25, -0.2) is 4.79 Å². The molecule has 0 aromatic rings. The van der Waals surface area contributed by atoms with Crippen LogP contribution in [0.4, 0.5) is 4.79 Å². The Labute approximate surface area is 226 Å². The lowest BCUT2D eigenvalue weighted by atomic mass is 9.88. The van der Waals surface area contributed by atoms with Crippen LogP contribution in [-0.4, -0.2) is 91.0 Å². The highest BCUT2D eigenvalue weighted by atomic mass is 16.6. The molecule has 1 heterocycles. The first-order valence-corrected chi connectivity index (χ1v) is 12.9. The Morgan fingerprint density at radius 2 is 2.00 bits per heavy atom. The van der Waals surface area contributed by atoms with Crippen molar-refractivity contribution in [2.24, 2.45) is 11.8 Å². The molecule has 0 aliphatic carbocycles. The van der Waals surface area contributed by atoms with Crippen LogP contribution >= 0.6 is 0 Å². The van der Waals surface area contributed by atoms with Gasteiger partial charge in [0.15, 0.2) is 0 Å². The van der Waals surface area contributed by atoms with E-state index in [1.807, 2.05) is 39.0 Å². The zero-order chi connectivity index (χ0) is 28.9. The maximum Gasteiger partial charge on any atom is 0.409 e. The molecule has 38 heavy (non-hydrogen) atoms. The third kappa shape index (κ3) is 12.2. The Balaban J connectivity index is 2.99. The molecular formula is C28H45NO9. The van der Waals surface area contributed by atoms with Gasteiger partial charge in [-0.3, -0.25) is 9.59 Å². The Bertz CT molecular complexity index is 864. The highest BCUT2D eigenvalue weighted by molar-refractivity contribution is 5.70. The molecule has 0 aromatic heterocycles. The van der Waals surface area contributed by atoms with Crippen LogP contribution in [0.1, 0.15) is 53.9 Å². The van der Waals surface area contributed by atoms with E-state index in [4.69, 9.17) is 18.9 Å². The molecule has 1 rings (SSSR count). The summed E-state index contributed by atoms with van der Waals surface area (Å²) >= 11 is 0. The summed E-state index contributed by atoms with van der Waals surface area (Å²) in [4.78, 5) is 37.6. The first kappa shape index (κ1) is 33.3. The van der Waals surface area contributed by atoms with Crippen LogP contribution in [0.2, 0.25) is 0 Å². The summed E-state index contributed by atoms with van der Waals surface area (Å²) < 4.78 is 21.3. The van der Waals surface area contributed by atoms with E-state index >= 15 is 0 Å². The van der Waals surface area contributed by atoms with Crippen molar-refractivity contribution in [2.75, 3.05) is 33.9 Å².